The molecule has 1 aromatic carbocycles. The van der Waals surface area contributed by atoms with Crippen LogP contribution < -0.4 is 0 Å². The number of carbonyl (C=O) groups is 1. The van der Waals surface area contributed by atoms with Crippen LogP contribution >= 0.6 is 11.3 Å². The van der Waals surface area contributed by atoms with Crippen LogP contribution in [0.25, 0.3) is 21.5 Å². The van der Waals surface area contributed by atoms with Gasteiger partial charge in [-0.25, -0.2) is 9.78 Å². The molecule has 0 unspecified atom stereocenters. The zero-order chi connectivity index (χ0) is 20.8. The van der Waals surface area contributed by atoms with Gasteiger partial charge in [0.2, 0.25) is 0 Å². The molecule has 0 radical (unpaired) electrons. The van der Waals surface area contributed by atoms with Crippen LogP contribution in [0.2, 0.25) is 0 Å². The van der Waals surface area contributed by atoms with Crippen molar-refractivity contribution in [2.24, 2.45) is 0 Å². The number of benzene rings is 1. The molecule has 2 heterocycles. The average molecular weight is 413 g/mol. The highest BCUT2D eigenvalue weighted by atomic mass is 32.1. The minimum Gasteiger partial charge on any atom is -0.462 e. The maximum Gasteiger partial charge on any atom is 0.350 e. The van der Waals surface area contributed by atoms with Crippen LogP contribution in [0.4, 0.5) is 0 Å². The fourth-order valence-corrected chi connectivity index (χ4v) is 3.97. The number of aromatic nitrogens is 2. The van der Waals surface area contributed by atoms with Crippen LogP contribution in [0.1, 0.15) is 27.9 Å². The van der Waals surface area contributed by atoms with Crippen molar-refractivity contribution >= 4 is 28.2 Å². The summed E-state index contributed by atoms with van der Waals surface area (Å²) in [6.07, 6.45) is 1.84. The monoisotopic (exact) mass is 413 g/mol. The van der Waals surface area contributed by atoms with Gasteiger partial charge in [0.05, 0.1) is 37.7 Å². The largest absolute Gasteiger partial charge is 0.462 e. The van der Waals surface area contributed by atoms with E-state index in [-0.39, 0.29) is 5.97 Å². The molecular weight excluding hydrogens is 390 g/mol. The molecule has 0 saturated carbocycles. The fourth-order valence-electron chi connectivity index (χ4n) is 3.02. The first-order valence-electron chi connectivity index (χ1n) is 9.33. The van der Waals surface area contributed by atoms with Crippen molar-refractivity contribution in [3.05, 3.63) is 40.5 Å². The standard InChI is InChI=1S/C21H23N3O4S/c1-4-28-21(25)19-14(2)23-20(29-19)15-5-6-18-17(11-15)16(12-22)13-24(18)7-8-27-10-9-26-3/h5-6,11,13H,4,7-10H2,1-3H3. The SMILES string of the molecule is CCOC(=O)c1sc(-c2ccc3c(c2)c(C#N)cn3CCOCCOC)nc1C. The lowest BCUT2D eigenvalue weighted by Crippen LogP contribution is -2.08. The van der Waals surface area contributed by atoms with E-state index in [0.29, 0.717) is 49.1 Å². The molecule has 2 aromatic heterocycles. The number of thiazole rings is 1. The molecule has 29 heavy (non-hydrogen) atoms. The average Bonchev–Trinajstić information content (AvgIpc) is 3.28. The van der Waals surface area contributed by atoms with Gasteiger partial charge < -0.3 is 18.8 Å². The van der Waals surface area contributed by atoms with E-state index in [0.717, 1.165) is 21.5 Å². The van der Waals surface area contributed by atoms with Gasteiger partial charge in [0, 0.05) is 36.3 Å². The first-order valence-corrected chi connectivity index (χ1v) is 10.1. The Kier molecular flexibility index (Phi) is 6.99. The van der Waals surface area contributed by atoms with Gasteiger partial charge in [-0.1, -0.05) is 0 Å². The lowest BCUT2D eigenvalue weighted by molar-refractivity contribution is 0.0531. The van der Waals surface area contributed by atoms with Gasteiger partial charge >= 0.3 is 5.97 Å². The van der Waals surface area contributed by atoms with Gasteiger partial charge in [0.1, 0.15) is 16.0 Å². The molecule has 152 valence electrons. The van der Waals surface area contributed by atoms with Crippen LogP contribution in [0, 0.1) is 18.3 Å². The molecule has 0 N–H and O–H groups in total. The van der Waals surface area contributed by atoms with Gasteiger partial charge in [-0.15, -0.1) is 11.3 Å². The smallest absolute Gasteiger partial charge is 0.350 e. The second-order valence-corrected chi connectivity index (χ2v) is 7.34. The van der Waals surface area contributed by atoms with Crippen molar-refractivity contribution in [1.82, 2.24) is 9.55 Å². The number of fused-ring (bicyclic) bond motifs is 1. The van der Waals surface area contributed by atoms with E-state index < -0.39 is 0 Å². The van der Waals surface area contributed by atoms with Crippen LogP contribution in [0.5, 0.6) is 0 Å². The highest BCUT2D eigenvalue weighted by molar-refractivity contribution is 7.17. The molecule has 0 bridgehead atoms. The predicted octanol–water partition coefficient (Wildman–Crippen LogP) is 3.78. The lowest BCUT2D eigenvalue weighted by Gasteiger charge is -2.07. The summed E-state index contributed by atoms with van der Waals surface area (Å²) in [5.41, 5.74) is 3.07. The number of hydrogen-bond donors (Lipinski definition) is 0. The summed E-state index contributed by atoms with van der Waals surface area (Å²) in [4.78, 5) is 17.1. The maximum atomic E-state index is 12.1. The van der Waals surface area contributed by atoms with Gasteiger partial charge in [-0.05, 0) is 32.0 Å². The van der Waals surface area contributed by atoms with Gasteiger partial charge in [0.25, 0.3) is 0 Å². The second-order valence-electron chi connectivity index (χ2n) is 6.34. The number of rotatable bonds is 9. The van der Waals surface area contributed by atoms with E-state index in [1.165, 1.54) is 11.3 Å². The molecule has 3 rings (SSSR count). The number of nitrogens with zero attached hydrogens (tertiary/aromatic N) is 3. The lowest BCUT2D eigenvalue weighted by atomic mass is 10.1. The van der Waals surface area contributed by atoms with E-state index in [1.54, 1.807) is 21.0 Å². The molecule has 0 aliphatic rings. The Labute approximate surface area is 173 Å². The number of methoxy groups -OCH3 is 1. The maximum absolute atomic E-state index is 12.1. The first-order chi connectivity index (χ1) is 14.1. The quantitative estimate of drug-likeness (QED) is 0.392. The van der Waals surface area contributed by atoms with Gasteiger partial charge in [-0.3, -0.25) is 0 Å². The third-order valence-corrected chi connectivity index (χ3v) is 5.60. The van der Waals surface area contributed by atoms with Crippen LogP contribution in [0.3, 0.4) is 0 Å². The topological polar surface area (TPSA) is 86.4 Å². The third-order valence-electron chi connectivity index (χ3n) is 4.41. The molecule has 0 fully saturated rings. The van der Waals surface area contributed by atoms with E-state index in [1.807, 2.05) is 29.0 Å². The number of nitriles is 1. The molecule has 0 aliphatic carbocycles. The minimum absolute atomic E-state index is 0.325. The number of esters is 1. The zero-order valence-electron chi connectivity index (χ0n) is 16.7. The Morgan fingerprint density at radius 2 is 2.14 bits per heavy atom. The van der Waals surface area contributed by atoms with Crippen LogP contribution in [0.15, 0.2) is 24.4 Å². The van der Waals surface area contributed by atoms with Crippen molar-refractivity contribution in [3.63, 3.8) is 0 Å². The highest BCUT2D eigenvalue weighted by Gasteiger charge is 2.18. The van der Waals surface area contributed by atoms with Crippen molar-refractivity contribution in [3.8, 4) is 16.6 Å². The van der Waals surface area contributed by atoms with Crippen molar-refractivity contribution in [2.45, 2.75) is 20.4 Å². The van der Waals surface area contributed by atoms with E-state index in [2.05, 4.69) is 11.1 Å². The zero-order valence-corrected chi connectivity index (χ0v) is 17.5. The van der Waals surface area contributed by atoms with Crippen LogP contribution in [-0.2, 0) is 20.8 Å². The van der Waals surface area contributed by atoms with Crippen molar-refractivity contribution in [2.75, 3.05) is 33.5 Å². The molecule has 0 atom stereocenters. The fraction of sp³-hybridized carbons (Fsp3) is 0.381. The molecule has 8 heteroatoms. The Bertz CT molecular complexity index is 1050. The van der Waals surface area contributed by atoms with Gasteiger partial charge in [-0.2, -0.15) is 5.26 Å². The van der Waals surface area contributed by atoms with E-state index in [4.69, 9.17) is 14.2 Å². The summed E-state index contributed by atoms with van der Waals surface area (Å²) in [7, 11) is 1.64. The summed E-state index contributed by atoms with van der Waals surface area (Å²) < 4.78 is 17.6. The highest BCUT2D eigenvalue weighted by Crippen LogP contribution is 2.32. The molecule has 0 saturated heterocycles. The van der Waals surface area contributed by atoms with Gasteiger partial charge in [0.15, 0.2) is 0 Å². The molecule has 0 amide bonds. The second kappa shape index (κ2) is 9.65. The number of ether oxygens (including phenoxy) is 3. The number of carbonyl (C=O) groups excluding carboxylic acids is 1. The Hall–Kier alpha value is -2.73. The Balaban J connectivity index is 1.88. The predicted molar refractivity (Wildman–Crippen MR) is 111 cm³/mol. The summed E-state index contributed by atoms with van der Waals surface area (Å²) in [6, 6.07) is 8.14. The van der Waals surface area contributed by atoms with Crippen molar-refractivity contribution in [1.29, 1.82) is 5.26 Å². The van der Waals surface area contributed by atoms with Crippen molar-refractivity contribution < 1.29 is 19.0 Å². The third kappa shape index (κ3) is 4.65. The summed E-state index contributed by atoms with van der Waals surface area (Å²) in [5.74, 6) is -0.354. The summed E-state index contributed by atoms with van der Waals surface area (Å²) >= 11 is 1.30. The van der Waals surface area contributed by atoms with E-state index >= 15 is 0 Å². The molecule has 3 aromatic rings. The molecule has 0 spiro atoms. The normalized spacial score (nSPS) is 11.0. The number of hydrogen-bond acceptors (Lipinski definition) is 7. The molecule has 7 nitrogen and oxygen atoms in total. The first kappa shape index (κ1) is 21.0. The summed E-state index contributed by atoms with van der Waals surface area (Å²) in [6.45, 7) is 6.17. The summed E-state index contributed by atoms with van der Waals surface area (Å²) in [5, 5.41) is 11.1. The minimum atomic E-state index is -0.354. The molecule has 0 aliphatic heterocycles. The molecular formula is C21H23N3O4S. The Morgan fingerprint density at radius 3 is 2.86 bits per heavy atom. The van der Waals surface area contributed by atoms with E-state index in [9.17, 15) is 10.1 Å². The van der Waals surface area contributed by atoms with Crippen LogP contribution in [-0.4, -0.2) is 49.1 Å². The number of aryl methyl sites for hydroxylation is 1. The Morgan fingerprint density at radius 1 is 1.31 bits per heavy atom.